The highest BCUT2D eigenvalue weighted by Crippen LogP contribution is 2.15. The van der Waals surface area contributed by atoms with Crippen LogP contribution in [0.15, 0.2) is 4.99 Å². The Kier molecular flexibility index (Phi) is 10.7. The average Bonchev–Trinajstić information content (AvgIpc) is 2.39. The number of nitrogens with zero attached hydrogens (tertiary/aromatic N) is 2. The van der Waals surface area contributed by atoms with Crippen LogP contribution in [0, 0.1) is 0 Å². The van der Waals surface area contributed by atoms with Gasteiger partial charge >= 0.3 is 0 Å². The zero-order valence-corrected chi connectivity index (χ0v) is 15.2. The Bertz CT molecular complexity index is 258. The van der Waals surface area contributed by atoms with Gasteiger partial charge in [0.2, 0.25) is 0 Å². The maximum Gasteiger partial charge on any atom is 0.191 e. The van der Waals surface area contributed by atoms with Crippen molar-refractivity contribution >= 4 is 29.9 Å². The molecule has 1 rings (SSSR count). The van der Waals surface area contributed by atoms with Gasteiger partial charge in [-0.3, -0.25) is 9.89 Å². The van der Waals surface area contributed by atoms with Crippen LogP contribution < -0.4 is 10.6 Å². The molecule has 1 heterocycles. The number of guanidine groups is 1. The van der Waals surface area contributed by atoms with E-state index in [2.05, 4.69) is 41.3 Å². The fourth-order valence-electron chi connectivity index (χ4n) is 2.34. The summed E-state index contributed by atoms with van der Waals surface area (Å²) >= 11 is 0. The summed E-state index contributed by atoms with van der Waals surface area (Å²) in [4.78, 5) is 6.83. The summed E-state index contributed by atoms with van der Waals surface area (Å²) < 4.78 is 0. The molecule has 0 aromatic heterocycles. The summed E-state index contributed by atoms with van der Waals surface area (Å²) in [6.07, 6.45) is 5.20. The number of halogens is 1. The predicted molar refractivity (Wildman–Crippen MR) is 94.6 cm³/mol. The number of likely N-dealkylation sites (tertiary alicyclic amines) is 1. The van der Waals surface area contributed by atoms with Crippen LogP contribution in [-0.2, 0) is 0 Å². The maximum absolute atomic E-state index is 4.25. The van der Waals surface area contributed by atoms with E-state index in [-0.39, 0.29) is 24.0 Å². The minimum Gasteiger partial charge on any atom is -0.355 e. The van der Waals surface area contributed by atoms with Crippen LogP contribution in [0.1, 0.15) is 46.5 Å². The number of hydrogen-bond donors (Lipinski definition) is 2. The van der Waals surface area contributed by atoms with Crippen molar-refractivity contribution in [3.63, 3.8) is 0 Å². The molecule has 0 radical (unpaired) electrons. The summed E-state index contributed by atoms with van der Waals surface area (Å²) in [5, 5.41) is 6.79. The maximum atomic E-state index is 4.25. The van der Waals surface area contributed by atoms with E-state index in [0.29, 0.717) is 6.04 Å². The molecule has 0 aliphatic carbocycles. The first kappa shape index (κ1) is 19.0. The van der Waals surface area contributed by atoms with E-state index >= 15 is 0 Å². The summed E-state index contributed by atoms with van der Waals surface area (Å²) in [5.41, 5.74) is 0. The Labute approximate surface area is 135 Å². The number of aliphatic imine (C=N–C) groups is 1. The molecule has 0 spiro atoms. The second-order valence-electron chi connectivity index (χ2n) is 5.33. The Morgan fingerprint density at radius 1 is 1.42 bits per heavy atom. The van der Waals surface area contributed by atoms with Crippen molar-refractivity contribution in [2.24, 2.45) is 4.99 Å². The number of rotatable bonds is 5. The molecule has 1 aliphatic rings. The standard InChI is InChI=1S/C14H30N4.HI/c1-5-12(2)17-14(15-4)16-9-11-18-10-7-6-8-13(18)3;/h12-13H,5-11H2,1-4H3,(H2,15,16,17);1H. The van der Waals surface area contributed by atoms with Crippen LogP contribution in [-0.4, -0.2) is 49.6 Å². The van der Waals surface area contributed by atoms with Crippen LogP contribution in [0.25, 0.3) is 0 Å². The highest BCUT2D eigenvalue weighted by molar-refractivity contribution is 14.0. The van der Waals surface area contributed by atoms with Gasteiger partial charge < -0.3 is 10.6 Å². The number of piperidine rings is 1. The van der Waals surface area contributed by atoms with Gasteiger partial charge in [0.05, 0.1) is 0 Å². The minimum atomic E-state index is 0. The molecule has 1 saturated heterocycles. The van der Waals surface area contributed by atoms with E-state index in [1.165, 1.54) is 25.8 Å². The SMILES string of the molecule is CCC(C)NC(=NC)NCCN1CCCCC1C.I. The van der Waals surface area contributed by atoms with E-state index in [4.69, 9.17) is 0 Å². The van der Waals surface area contributed by atoms with Gasteiger partial charge in [-0.25, -0.2) is 0 Å². The van der Waals surface area contributed by atoms with Crippen molar-refractivity contribution < 1.29 is 0 Å². The number of nitrogens with one attached hydrogen (secondary N) is 2. The lowest BCUT2D eigenvalue weighted by Crippen LogP contribution is -2.46. The molecule has 2 atom stereocenters. The summed E-state index contributed by atoms with van der Waals surface area (Å²) in [6, 6.07) is 1.22. The average molecular weight is 382 g/mol. The highest BCUT2D eigenvalue weighted by atomic mass is 127. The Hall–Kier alpha value is -0.0400. The van der Waals surface area contributed by atoms with Crippen molar-refractivity contribution in [3.05, 3.63) is 0 Å². The quantitative estimate of drug-likeness (QED) is 0.436. The topological polar surface area (TPSA) is 39.7 Å². The third kappa shape index (κ3) is 7.34. The van der Waals surface area contributed by atoms with Gasteiger partial charge in [-0.1, -0.05) is 13.3 Å². The van der Waals surface area contributed by atoms with Gasteiger partial charge in [0.1, 0.15) is 0 Å². The second kappa shape index (κ2) is 10.7. The number of hydrogen-bond acceptors (Lipinski definition) is 2. The third-order valence-corrected chi connectivity index (χ3v) is 3.85. The third-order valence-electron chi connectivity index (χ3n) is 3.85. The molecule has 0 aromatic carbocycles. The van der Waals surface area contributed by atoms with E-state index in [1.54, 1.807) is 0 Å². The molecule has 19 heavy (non-hydrogen) atoms. The van der Waals surface area contributed by atoms with Crippen molar-refractivity contribution in [1.82, 2.24) is 15.5 Å². The molecule has 0 amide bonds. The van der Waals surface area contributed by atoms with Crippen LogP contribution >= 0.6 is 24.0 Å². The molecule has 5 heteroatoms. The van der Waals surface area contributed by atoms with Gasteiger partial charge in [0.15, 0.2) is 5.96 Å². The largest absolute Gasteiger partial charge is 0.355 e. The van der Waals surface area contributed by atoms with E-state index in [0.717, 1.165) is 31.5 Å². The molecule has 0 aromatic rings. The van der Waals surface area contributed by atoms with Gasteiger partial charge in [-0.2, -0.15) is 0 Å². The van der Waals surface area contributed by atoms with Crippen LogP contribution in [0.4, 0.5) is 0 Å². The first-order valence-electron chi connectivity index (χ1n) is 7.38. The first-order chi connectivity index (χ1) is 8.67. The van der Waals surface area contributed by atoms with Gasteiger partial charge in [-0.05, 0) is 39.7 Å². The Morgan fingerprint density at radius 2 is 2.16 bits per heavy atom. The predicted octanol–water partition coefficient (Wildman–Crippen LogP) is 2.44. The smallest absolute Gasteiger partial charge is 0.191 e. The molecule has 1 fully saturated rings. The van der Waals surface area contributed by atoms with Gasteiger partial charge in [-0.15, -0.1) is 24.0 Å². The first-order valence-corrected chi connectivity index (χ1v) is 7.38. The molecule has 114 valence electrons. The molecule has 1 aliphatic heterocycles. The molecule has 2 N–H and O–H groups in total. The lowest BCUT2D eigenvalue weighted by atomic mass is 10.0. The normalized spacial score (nSPS) is 22.5. The van der Waals surface area contributed by atoms with E-state index in [9.17, 15) is 0 Å². The summed E-state index contributed by atoms with van der Waals surface area (Å²) in [5.74, 6) is 0.925. The minimum absolute atomic E-state index is 0. The molecule has 4 nitrogen and oxygen atoms in total. The van der Waals surface area contributed by atoms with Crippen LogP contribution in [0.2, 0.25) is 0 Å². The molecule has 2 unspecified atom stereocenters. The second-order valence-corrected chi connectivity index (χ2v) is 5.33. The molecular weight excluding hydrogens is 351 g/mol. The Morgan fingerprint density at radius 3 is 2.74 bits per heavy atom. The van der Waals surface area contributed by atoms with Gasteiger partial charge in [0.25, 0.3) is 0 Å². The summed E-state index contributed by atoms with van der Waals surface area (Å²) in [7, 11) is 1.83. The van der Waals surface area contributed by atoms with Crippen LogP contribution in [0.5, 0.6) is 0 Å². The molecule has 0 saturated carbocycles. The van der Waals surface area contributed by atoms with E-state index in [1.807, 2.05) is 7.05 Å². The van der Waals surface area contributed by atoms with E-state index < -0.39 is 0 Å². The Balaban J connectivity index is 0.00000324. The summed E-state index contributed by atoms with van der Waals surface area (Å²) in [6.45, 7) is 10.0. The van der Waals surface area contributed by atoms with Crippen LogP contribution in [0.3, 0.4) is 0 Å². The van der Waals surface area contributed by atoms with Crippen molar-refractivity contribution in [1.29, 1.82) is 0 Å². The van der Waals surface area contributed by atoms with Crippen molar-refractivity contribution in [3.8, 4) is 0 Å². The molecule has 0 bridgehead atoms. The van der Waals surface area contributed by atoms with Gasteiger partial charge in [0, 0.05) is 32.2 Å². The van der Waals surface area contributed by atoms with Crippen molar-refractivity contribution in [2.75, 3.05) is 26.7 Å². The fourth-order valence-corrected chi connectivity index (χ4v) is 2.34. The fraction of sp³-hybridized carbons (Fsp3) is 0.929. The monoisotopic (exact) mass is 382 g/mol. The highest BCUT2D eigenvalue weighted by Gasteiger charge is 2.17. The lowest BCUT2D eigenvalue weighted by Gasteiger charge is -2.33. The van der Waals surface area contributed by atoms with Crippen molar-refractivity contribution in [2.45, 2.75) is 58.5 Å². The zero-order chi connectivity index (χ0) is 13.4. The lowest BCUT2D eigenvalue weighted by molar-refractivity contribution is 0.163. The molecular formula is C14H31IN4. The zero-order valence-electron chi connectivity index (χ0n) is 12.9.